The number of hydrogen-bond donors (Lipinski definition) is 1. The molecule has 0 radical (unpaired) electrons. The monoisotopic (exact) mass is 327 g/mol. The Labute approximate surface area is 123 Å². The second kappa shape index (κ2) is 6.36. The van der Waals surface area contributed by atoms with E-state index in [-0.39, 0.29) is 11.4 Å². The van der Waals surface area contributed by atoms with Crippen LogP contribution in [0, 0.1) is 11.7 Å². The number of hydrogen-bond acceptors (Lipinski definition) is 1. The topological polar surface area (TPSA) is 26.0 Å². The molecule has 0 saturated heterocycles. The molecule has 0 heterocycles. The summed E-state index contributed by atoms with van der Waals surface area (Å²) >= 11 is 3.40. The van der Waals surface area contributed by atoms with E-state index in [2.05, 4.69) is 22.9 Å². The van der Waals surface area contributed by atoms with E-state index in [1.807, 2.05) is 6.07 Å². The summed E-state index contributed by atoms with van der Waals surface area (Å²) in [6, 6.07) is 5.12. The Bertz CT molecular complexity index is 425. The second-order valence-corrected chi connectivity index (χ2v) is 6.92. The van der Waals surface area contributed by atoms with Crippen LogP contribution in [-0.4, -0.2) is 5.54 Å². The van der Waals surface area contributed by atoms with Crippen molar-refractivity contribution in [3.8, 4) is 0 Å². The summed E-state index contributed by atoms with van der Waals surface area (Å²) in [5, 5.41) is 0. The van der Waals surface area contributed by atoms with Gasteiger partial charge in [-0.25, -0.2) is 4.39 Å². The van der Waals surface area contributed by atoms with Gasteiger partial charge in [0.25, 0.3) is 0 Å². The van der Waals surface area contributed by atoms with Crippen molar-refractivity contribution in [3.63, 3.8) is 0 Å². The van der Waals surface area contributed by atoms with Crippen molar-refractivity contribution in [1.82, 2.24) is 0 Å². The van der Waals surface area contributed by atoms with E-state index in [1.54, 1.807) is 6.07 Å². The molecule has 19 heavy (non-hydrogen) atoms. The van der Waals surface area contributed by atoms with Gasteiger partial charge in [0.1, 0.15) is 5.82 Å². The summed E-state index contributed by atoms with van der Waals surface area (Å²) in [5.41, 5.74) is 7.01. The molecule has 0 bridgehead atoms. The maximum atomic E-state index is 13.8. The first-order chi connectivity index (χ1) is 9.02. The molecule has 2 rings (SSSR count). The Balaban J connectivity index is 2.00. The van der Waals surface area contributed by atoms with Crippen molar-refractivity contribution in [2.45, 2.75) is 57.4 Å². The van der Waals surface area contributed by atoms with Gasteiger partial charge < -0.3 is 5.73 Å². The lowest BCUT2D eigenvalue weighted by molar-refractivity contribution is 0.222. The van der Waals surface area contributed by atoms with E-state index in [0.717, 1.165) is 28.8 Å². The standard InChI is InChI=1S/C16H23BrFN/c1-2-3-12-6-8-16(19,9-7-12)11-13-10-14(17)4-5-15(13)18/h4-5,10,12H,2-3,6-9,11,19H2,1H3. The summed E-state index contributed by atoms with van der Waals surface area (Å²) in [4.78, 5) is 0. The van der Waals surface area contributed by atoms with Gasteiger partial charge in [-0.05, 0) is 61.8 Å². The molecule has 0 aliphatic heterocycles. The van der Waals surface area contributed by atoms with E-state index >= 15 is 0 Å². The van der Waals surface area contributed by atoms with Crippen molar-refractivity contribution < 1.29 is 4.39 Å². The van der Waals surface area contributed by atoms with Crippen molar-refractivity contribution in [1.29, 1.82) is 0 Å². The van der Waals surface area contributed by atoms with Crippen molar-refractivity contribution >= 4 is 15.9 Å². The largest absolute Gasteiger partial charge is 0.325 e. The van der Waals surface area contributed by atoms with Gasteiger partial charge in [-0.1, -0.05) is 35.7 Å². The lowest BCUT2D eigenvalue weighted by atomic mass is 9.73. The van der Waals surface area contributed by atoms with Crippen LogP contribution in [0.4, 0.5) is 4.39 Å². The van der Waals surface area contributed by atoms with Gasteiger partial charge in [0.2, 0.25) is 0 Å². The minimum absolute atomic E-state index is 0.135. The average molecular weight is 328 g/mol. The molecule has 0 atom stereocenters. The third kappa shape index (κ3) is 4.03. The number of nitrogens with two attached hydrogens (primary N) is 1. The first-order valence-electron chi connectivity index (χ1n) is 7.25. The third-order valence-corrected chi connectivity index (χ3v) is 4.84. The minimum atomic E-state index is -0.216. The fourth-order valence-corrected chi connectivity index (χ4v) is 3.59. The molecule has 1 saturated carbocycles. The van der Waals surface area contributed by atoms with Crippen LogP contribution in [0.15, 0.2) is 22.7 Å². The van der Waals surface area contributed by atoms with Gasteiger partial charge in [-0.15, -0.1) is 0 Å². The highest BCUT2D eigenvalue weighted by molar-refractivity contribution is 9.10. The Morgan fingerprint density at radius 1 is 1.37 bits per heavy atom. The van der Waals surface area contributed by atoms with Crippen molar-refractivity contribution in [2.75, 3.05) is 0 Å². The molecule has 1 aromatic carbocycles. The molecule has 0 amide bonds. The molecule has 1 aliphatic carbocycles. The molecule has 0 spiro atoms. The predicted octanol–water partition coefficient (Wildman–Crippen LogP) is 4.82. The molecule has 0 unspecified atom stereocenters. The molecule has 3 heteroatoms. The molecular formula is C16H23BrFN. The normalized spacial score (nSPS) is 27.5. The number of benzene rings is 1. The maximum Gasteiger partial charge on any atom is 0.126 e. The van der Waals surface area contributed by atoms with Crippen LogP contribution in [0.25, 0.3) is 0 Å². The Morgan fingerprint density at radius 3 is 2.68 bits per heavy atom. The van der Waals surface area contributed by atoms with Crippen LogP contribution in [0.5, 0.6) is 0 Å². The fraction of sp³-hybridized carbons (Fsp3) is 0.625. The molecule has 0 aromatic heterocycles. The molecule has 1 nitrogen and oxygen atoms in total. The highest BCUT2D eigenvalue weighted by atomic mass is 79.9. The van der Waals surface area contributed by atoms with Gasteiger partial charge in [0.05, 0.1) is 0 Å². The van der Waals surface area contributed by atoms with Gasteiger partial charge >= 0.3 is 0 Å². The summed E-state index contributed by atoms with van der Waals surface area (Å²) in [7, 11) is 0. The van der Waals surface area contributed by atoms with Crippen molar-refractivity contribution in [2.24, 2.45) is 11.7 Å². The molecule has 1 fully saturated rings. The van der Waals surface area contributed by atoms with Crippen LogP contribution in [0.2, 0.25) is 0 Å². The molecule has 106 valence electrons. The third-order valence-electron chi connectivity index (χ3n) is 4.35. The minimum Gasteiger partial charge on any atom is -0.325 e. The Hall–Kier alpha value is -0.410. The molecule has 1 aromatic rings. The van der Waals surface area contributed by atoms with E-state index in [0.29, 0.717) is 6.42 Å². The molecular weight excluding hydrogens is 305 g/mol. The Kier molecular flexibility index (Phi) is 5.02. The summed E-state index contributed by atoms with van der Waals surface area (Å²) in [6.45, 7) is 2.24. The van der Waals surface area contributed by atoms with Crippen LogP contribution >= 0.6 is 15.9 Å². The maximum absolute atomic E-state index is 13.8. The SMILES string of the molecule is CCCC1CCC(N)(Cc2cc(Br)ccc2F)CC1. The fourth-order valence-electron chi connectivity index (χ4n) is 3.18. The quantitative estimate of drug-likeness (QED) is 0.843. The van der Waals surface area contributed by atoms with Crippen LogP contribution in [0.1, 0.15) is 51.0 Å². The summed E-state index contributed by atoms with van der Waals surface area (Å²) < 4.78 is 14.7. The lowest BCUT2D eigenvalue weighted by Crippen LogP contribution is -2.45. The van der Waals surface area contributed by atoms with Gasteiger partial charge in [0, 0.05) is 10.0 Å². The van der Waals surface area contributed by atoms with Gasteiger partial charge in [0.15, 0.2) is 0 Å². The van der Waals surface area contributed by atoms with E-state index in [9.17, 15) is 4.39 Å². The summed E-state index contributed by atoms with van der Waals surface area (Å²) in [5.74, 6) is 0.692. The molecule has 1 aliphatic rings. The van der Waals surface area contributed by atoms with Gasteiger partial charge in [-0.3, -0.25) is 0 Å². The zero-order valence-electron chi connectivity index (χ0n) is 11.6. The predicted molar refractivity (Wildman–Crippen MR) is 81.6 cm³/mol. The first-order valence-corrected chi connectivity index (χ1v) is 8.04. The Morgan fingerprint density at radius 2 is 2.05 bits per heavy atom. The zero-order chi connectivity index (χ0) is 13.9. The highest BCUT2D eigenvalue weighted by Crippen LogP contribution is 2.35. The van der Waals surface area contributed by atoms with Gasteiger partial charge in [-0.2, -0.15) is 0 Å². The van der Waals surface area contributed by atoms with Crippen molar-refractivity contribution in [3.05, 3.63) is 34.1 Å². The smallest absolute Gasteiger partial charge is 0.126 e. The number of rotatable bonds is 4. The first kappa shape index (κ1) is 15.0. The van der Waals surface area contributed by atoms with Crippen LogP contribution < -0.4 is 5.73 Å². The molecule has 2 N–H and O–H groups in total. The van der Waals surface area contributed by atoms with E-state index in [4.69, 9.17) is 5.73 Å². The summed E-state index contributed by atoms with van der Waals surface area (Å²) in [6.07, 6.45) is 7.63. The zero-order valence-corrected chi connectivity index (χ0v) is 13.2. The number of halogens is 2. The second-order valence-electron chi connectivity index (χ2n) is 6.01. The lowest BCUT2D eigenvalue weighted by Gasteiger charge is -2.37. The van der Waals surface area contributed by atoms with E-state index in [1.165, 1.54) is 31.7 Å². The van der Waals surface area contributed by atoms with Crippen LogP contribution in [0.3, 0.4) is 0 Å². The van der Waals surface area contributed by atoms with E-state index < -0.39 is 0 Å². The van der Waals surface area contributed by atoms with Crippen LogP contribution in [-0.2, 0) is 6.42 Å². The highest BCUT2D eigenvalue weighted by Gasteiger charge is 2.32. The average Bonchev–Trinajstić information content (AvgIpc) is 2.37.